The van der Waals surface area contributed by atoms with E-state index in [0.29, 0.717) is 5.69 Å². The van der Waals surface area contributed by atoms with E-state index in [9.17, 15) is 4.79 Å². The number of likely N-dealkylation sites (N-methyl/N-ethyl adjacent to an activating group) is 1. The number of rotatable bonds is 4. The van der Waals surface area contributed by atoms with Crippen LogP contribution in [0.1, 0.15) is 16.1 Å². The van der Waals surface area contributed by atoms with Crippen molar-refractivity contribution in [3.05, 3.63) is 65.9 Å². The van der Waals surface area contributed by atoms with Crippen LogP contribution >= 0.6 is 0 Å². The molecule has 0 unspecified atom stereocenters. The van der Waals surface area contributed by atoms with Crippen molar-refractivity contribution in [3.8, 4) is 11.3 Å². The smallest absolute Gasteiger partial charge is 0.273 e. The number of nitrogens with one attached hydrogen (secondary N) is 2. The first kappa shape index (κ1) is 18.3. The Kier molecular flexibility index (Phi) is 5.12. The molecular formula is C22H25N5O. The molecule has 0 atom stereocenters. The molecule has 0 saturated carbocycles. The number of hydrogen-bond donors (Lipinski definition) is 2. The van der Waals surface area contributed by atoms with Crippen LogP contribution in [0.4, 0.5) is 11.4 Å². The molecule has 2 aromatic carbocycles. The van der Waals surface area contributed by atoms with Crippen LogP contribution in [0.2, 0.25) is 0 Å². The molecule has 0 aliphatic carbocycles. The van der Waals surface area contributed by atoms with E-state index in [0.717, 1.165) is 48.7 Å². The molecule has 2 heterocycles. The molecule has 1 saturated heterocycles. The van der Waals surface area contributed by atoms with Crippen LogP contribution < -0.4 is 10.2 Å². The van der Waals surface area contributed by atoms with Crippen molar-refractivity contribution in [1.82, 2.24) is 15.1 Å². The van der Waals surface area contributed by atoms with Crippen molar-refractivity contribution in [3.63, 3.8) is 0 Å². The van der Waals surface area contributed by atoms with Crippen molar-refractivity contribution >= 4 is 17.3 Å². The van der Waals surface area contributed by atoms with Crippen molar-refractivity contribution in [2.45, 2.75) is 6.92 Å². The van der Waals surface area contributed by atoms with Gasteiger partial charge in [-0.25, -0.2) is 0 Å². The fourth-order valence-electron chi connectivity index (χ4n) is 3.43. The Hall–Kier alpha value is -3.12. The van der Waals surface area contributed by atoms with E-state index in [1.54, 1.807) is 6.07 Å². The summed E-state index contributed by atoms with van der Waals surface area (Å²) in [5.74, 6) is -0.190. The van der Waals surface area contributed by atoms with Gasteiger partial charge in [-0.2, -0.15) is 5.10 Å². The van der Waals surface area contributed by atoms with E-state index in [2.05, 4.69) is 44.5 Å². The number of aromatic amines is 1. The third-order valence-electron chi connectivity index (χ3n) is 5.22. The lowest BCUT2D eigenvalue weighted by molar-refractivity contribution is 0.102. The van der Waals surface area contributed by atoms with Gasteiger partial charge in [0.05, 0.1) is 5.69 Å². The molecule has 6 heteroatoms. The highest BCUT2D eigenvalue weighted by atomic mass is 16.1. The summed E-state index contributed by atoms with van der Waals surface area (Å²) in [6, 6.07) is 17.8. The van der Waals surface area contributed by atoms with Gasteiger partial charge in [-0.3, -0.25) is 9.89 Å². The monoisotopic (exact) mass is 375 g/mol. The number of amides is 1. The summed E-state index contributed by atoms with van der Waals surface area (Å²) >= 11 is 0. The molecule has 1 aliphatic heterocycles. The molecule has 144 valence electrons. The zero-order valence-electron chi connectivity index (χ0n) is 16.3. The number of carbonyl (C=O) groups is 1. The highest BCUT2D eigenvalue weighted by molar-refractivity contribution is 6.04. The molecule has 4 rings (SSSR count). The summed E-state index contributed by atoms with van der Waals surface area (Å²) in [5, 5.41) is 10.1. The lowest BCUT2D eigenvalue weighted by Gasteiger charge is -2.34. The van der Waals surface area contributed by atoms with Gasteiger partial charge >= 0.3 is 0 Å². The van der Waals surface area contributed by atoms with Crippen LogP contribution in [0, 0.1) is 6.92 Å². The molecule has 0 radical (unpaired) electrons. The van der Waals surface area contributed by atoms with Gasteiger partial charge < -0.3 is 15.1 Å². The van der Waals surface area contributed by atoms with Crippen molar-refractivity contribution in [2.24, 2.45) is 0 Å². The molecule has 1 fully saturated rings. The van der Waals surface area contributed by atoms with Crippen LogP contribution in [-0.4, -0.2) is 54.2 Å². The highest BCUT2D eigenvalue weighted by Crippen LogP contribution is 2.24. The Morgan fingerprint density at radius 1 is 1.04 bits per heavy atom. The van der Waals surface area contributed by atoms with Crippen molar-refractivity contribution < 1.29 is 4.79 Å². The molecule has 0 spiro atoms. The molecule has 0 bridgehead atoms. The number of hydrogen-bond acceptors (Lipinski definition) is 4. The van der Waals surface area contributed by atoms with Crippen molar-refractivity contribution in [1.29, 1.82) is 0 Å². The lowest BCUT2D eigenvalue weighted by Crippen LogP contribution is -2.44. The van der Waals surface area contributed by atoms with Gasteiger partial charge in [0.2, 0.25) is 0 Å². The SMILES string of the molecule is Cc1cc(N2CCN(C)CC2)ccc1NC(=O)c1cc(-c2ccccc2)n[nH]1. The summed E-state index contributed by atoms with van der Waals surface area (Å²) in [4.78, 5) is 17.4. The third kappa shape index (κ3) is 3.92. The van der Waals surface area contributed by atoms with E-state index >= 15 is 0 Å². The zero-order chi connectivity index (χ0) is 19.5. The largest absolute Gasteiger partial charge is 0.369 e. The first-order valence-corrected chi connectivity index (χ1v) is 9.56. The highest BCUT2D eigenvalue weighted by Gasteiger charge is 2.16. The first-order valence-electron chi connectivity index (χ1n) is 9.56. The molecule has 2 N–H and O–H groups in total. The van der Waals surface area contributed by atoms with Gasteiger partial charge in [0, 0.05) is 43.1 Å². The average Bonchev–Trinajstić information content (AvgIpc) is 3.21. The number of aromatic nitrogens is 2. The van der Waals surface area contributed by atoms with Crippen LogP contribution in [0.15, 0.2) is 54.6 Å². The van der Waals surface area contributed by atoms with Gasteiger partial charge in [0.1, 0.15) is 5.69 Å². The number of aryl methyl sites for hydroxylation is 1. The molecule has 1 aromatic heterocycles. The number of piperazine rings is 1. The fraction of sp³-hybridized carbons (Fsp3) is 0.273. The molecule has 28 heavy (non-hydrogen) atoms. The number of carbonyl (C=O) groups excluding carboxylic acids is 1. The van der Waals surface area contributed by atoms with Gasteiger partial charge in [-0.15, -0.1) is 0 Å². The first-order chi connectivity index (χ1) is 13.6. The summed E-state index contributed by atoms with van der Waals surface area (Å²) in [6.07, 6.45) is 0. The summed E-state index contributed by atoms with van der Waals surface area (Å²) in [5.41, 5.74) is 5.25. The minimum absolute atomic E-state index is 0.190. The van der Waals surface area contributed by atoms with Gasteiger partial charge in [0.15, 0.2) is 0 Å². The van der Waals surface area contributed by atoms with E-state index < -0.39 is 0 Å². The predicted molar refractivity (Wildman–Crippen MR) is 113 cm³/mol. The number of nitrogens with zero attached hydrogens (tertiary/aromatic N) is 3. The third-order valence-corrected chi connectivity index (χ3v) is 5.22. The van der Waals surface area contributed by atoms with E-state index in [1.165, 1.54) is 5.69 Å². The molecule has 3 aromatic rings. The quantitative estimate of drug-likeness (QED) is 0.734. The number of benzene rings is 2. The predicted octanol–water partition coefficient (Wildman–Crippen LogP) is 3.39. The van der Waals surface area contributed by atoms with E-state index in [1.807, 2.05) is 43.3 Å². The normalized spacial score (nSPS) is 14.9. The van der Waals surface area contributed by atoms with Gasteiger partial charge in [-0.1, -0.05) is 30.3 Å². The molecule has 1 aliphatic rings. The summed E-state index contributed by atoms with van der Waals surface area (Å²) in [7, 11) is 2.15. The Morgan fingerprint density at radius 2 is 1.79 bits per heavy atom. The summed E-state index contributed by atoms with van der Waals surface area (Å²) < 4.78 is 0. The Morgan fingerprint density at radius 3 is 2.50 bits per heavy atom. The second kappa shape index (κ2) is 7.86. The molecule has 6 nitrogen and oxygen atoms in total. The maximum Gasteiger partial charge on any atom is 0.273 e. The topological polar surface area (TPSA) is 64.3 Å². The molecule has 1 amide bonds. The Balaban J connectivity index is 1.45. The Bertz CT molecular complexity index is 958. The maximum atomic E-state index is 12.6. The number of anilines is 2. The fourth-order valence-corrected chi connectivity index (χ4v) is 3.43. The van der Waals surface area contributed by atoms with Crippen LogP contribution in [0.5, 0.6) is 0 Å². The lowest BCUT2D eigenvalue weighted by atomic mass is 10.1. The van der Waals surface area contributed by atoms with Crippen LogP contribution in [-0.2, 0) is 0 Å². The summed E-state index contributed by atoms with van der Waals surface area (Å²) in [6.45, 7) is 6.22. The van der Waals surface area contributed by atoms with E-state index in [4.69, 9.17) is 0 Å². The minimum atomic E-state index is -0.190. The standard InChI is InChI=1S/C22H25N5O/c1-16-14-18(27-12-10-26(2)11-13-27)8-9-19(16)23-22(28)21-15-20(24-25-21)17-6-4-3-5-7-17/h3-9,14-15H,10-13H2,1-2H3,(H,23,28)(H,24,25). The van der Waals surface area contributed by atoms with Crippen molar-refractivity contribution in [2.75, 3.05) is 43.4 Å². The zero-order valence-corrected chi connectivity index (χ0v) is 16.3. The molecular weight excluding hydrogens is 350 g/mol. The average molecular weight is 375 g/mol. The second-order valence-corrected chi connectivity index (χ2v) is 7.28. The van der Waals surface area contributed by atoms with Gasteiger partial charge in [-0.05, 0) is 43.8 Å². The van der Waals surface area contributed by atoms with Crippen LogP contribution in [0.3, 0.4) is 0 Å². The van der Waals surface area contributed by atoms with Crippen LogP contribution in [0.25, 0.3) is 11.3 Å². The number of H-pyrrole nitrogens is 1. The second-order valence-electron chi connectivity index (χ2n) is 7.28. The maximum absolute atomic E-state index is 12.6. The van der Waals surface area contributed by atoms with Gasteiger partial charge in [0.25, 0.3) is 5.91 Å². The Labute approximate surface area is 165 Å². The van der Waals surface area contributed by atoms with E-state index in [-0.39, 0.29) is 5.91 Å². The minimum Gasteiger partial charge on any atom is -0.369 e.